The van der Waals surface area contributed by atoms with Crippen molar-refractivity contribution in [2.24, 2.45) is 5.41 Å². The lowest BCUT2D eigenvalue weighted by molar-refractivity contribution is 0.437. The fourth-order valence-electron chi connectivity index (χ4n) is 2.08. The van der Waals surface area contributed by atoms with Crippen LogP contribution in [0.2, 0.25) is 0 Å². The summed E-state index contributed by atoms with van der Waals surface area (Å²) in [6, 6.07) is 0. The average molecular weight is 222 g/mol. The molecule has 1 heterocycles. The van der Waals surface area contributed by atoms with Gasteiger partial charge in [0.25, 0.3) is 5.56 Å². The minimum atomic E-state index is -0.188. The second-order valence-corrected chi connectivity index (χ2v) is 5.25. The Hall–Kier alpha value is -1.32. The molecule has 0 saturated heterocycles. The summed E-state index contributed by atoms with van der Waals surface area (Å²) in [6.45, 7) is 6.24. The number of nitrogens with one attached hydrogen (secondary N) is 1. The molecule has 0 amide bonds. The predicted molar refractivity (Wildman–Crippen MR) is 61.7 cm³/mol. The Bertz CT molecular complexity index is 463. The first kappa shape index (κ1) is 11.2. The predicted octanol–water partition coefficient (Wildman–Crippen LogP) is 1.94. The highest BCUT2D eigenvalue weighted by Crippen LogP contribution is 2.57. The fraction of sp³-hybridized carbons (Fsp3) is 0.667. The van der Waals surface area contributed by atoms with Gasteiger partial charge in [0.05, 0.1) is 5.56 Å². The molecule has 0 radical (unpaired) electrons. The number of aromatic amines is 1. The largest absolute Gasteiger partial charge is 0.493 e. The topological polar surface area (TPSA) is 66.0 Å². The van der Waals surface area contributed by atoms with Crippen LogP contribution >= 0.6 is 0 Å². The van der Waals surface area contributed by atoms with Gasteiger partial charge in [-0.3, -0.25) is 4.79 Å². The van der Waals surface area contributed by atoms with Crippen molar-refractivity contribution in [1.82, 2.24) is 9.97 Å². The third-order valence-corrected chi connectivity index (χ3v) is 3.36. The molecule has 16 heavy (non-hydrogen) atoms. The molecule has 88 valence electrons. The molecule has 1 unspecified atom stereocenters. The number of nitrogens with zero attached hydrogens (tertiary/aromatic N) is 1. The minimum Gasteiger partial charge on any atom is -0.493 e. The first-order chi connectivity index (χ1) is 7.45. The molecular weight excluding hydrogens is 204 g/mol. The molecule has 1 fully saturated rings. The maximum Gasteiger partial charge on any atom is 0.257 e. The molecule has 1 aliphatic rings. The van der Waals surface area contributed by atoms with E-state index in [1.165, 1.54) is 0 Å². The highest BCUT2D eigenvalue weighted by molar-refractivity contribution is 5.26. The van der Waals surface area contributed by atoms with Crippen LogP contribution in [0.15, 0.2) is 4.79 Å². The second-order valence-electron chi connectivity index (χ2n) is 5.25. The summed E-state index contributed by atoms with van der Waals surface area (Å²) in [5, 5.41) is 9.72. The molecule has 2 rings (SSSR count). The SMILES string of the molecule is CCCc1c(O)nc(C2CC2(C)C)[nH]c1=O. The number of aromatic nitrogens is 2. The summed E-state index contributed by atoms with van der Waals surface area (Å²) in [7, 11) is 0. The molecule has 0 bridgehead atoms. The first-order valence-corrected chi connectivity index (χ1v) is 5.77. The van der Waals surface area contributed by atoms with E-state index in [9.17, 15) is 9.90 Å². The molecule has 0 spiro atoms. The Morgan fingerprint density at radius 1 is 1.56 bits per heavy atom. The van der Waals surface area contributed by atoms with E-state index in [0.717, 1.165) is 12.8 Å². The van der Waals surface area contributed by atoms with E-state index in [1.54, 1.807) is 0 Å². The van der Waals surface area contributed by atoms with Crippen LogP contribution < -0.4 is 5.56 Å². The highest BCUT2D eigenvalue weighted by Gasteiger charge is 2.48. The van der Waals surface area contributed by atoms with E-state index in [1.807, 2.05) is 6.92 Å². The lowest BCUT2D eigenvalue weighted by Gasteiger charge is -2.06. The van der Waals surface area contributed by atoms with Crippen molar-refractivity contribution in [1.29, 1.82) is 0 Å². The molecule has 1 saturated carbocycles. The van der Waals surface area contributed by atoms with Crippen molar-refractivity contribution < 1.29 is 5.11 Å². The van der Waals surface area contributed by atoms with Crippen molar-refractivity contribution in [2.45, 2.75) is 46.0 Å². The van der Waals surface area contributed by atoms with E-state index >= 15 is 0 Å². The van der Waals surface area contributed by atoms with Gasteiger partial charge >= 0.3 is 0 Å². The second kappa shape index (κ2) is 3.61. The number of H-pyrrole nitrogens is 1. The fourth-order valence-corrected chi connectivity index (χ4v) is 2.08. The van der Waals surface area contributed by atoms with Crippen molar-refractivity contribution in [3.8, 4) is 5.88 Å². The van der Waals surface area contributed by atoms with E-state index in [-0.39, 0.29) is 22.8 Å². The van der Waals surface area contributed by atoms with E-state index in [0.29, 0.717) is 17.8 Å². The van der Waals surface area contributed by atoms with Gasteiger partial charge < -0.3 is 10.1 Å². The molecule has 0 aromatic carbocycles. The van der Waals surface area contributed by atoms with Crippen molar-refractivity contribution in [3.63, 3.8) is 0 Å². The van der Waals surface area contributed by atoms with Gasteiger partial charge in [-0.05, 0) is 18.3 Å². The van der Waals surface area contributed by atoms with Crippen LogP contribution in [0.25, 0.3) is 0 Å². The standard InChI is InChI=1S/C12H18N2O2/c1-4-5-7-10(15)13-9(14-11(7)16)8-6-12(8,2)3/h8H,4-6H2,1-3H3,(H2,13,14,15,16). The maximum atomic E-state index is 11.7. The normalized spacial score (nSPS) is 22.1. The van der Waals surface area contributed by atoms with E-state index < -0.39 is 0 Å². The number of hydrogen-bond donors (Lipinski definition) is 2. The maximum absolute atomic E-state index is 11.7. The lowest BCUT2D eigenvalue weighted by Crippen LogP contribution is -2.17. The van der Waals surface area contributed by atoms with Crippen LogP contribution in [0.4, 0.5) is 0 Å². The Morgan fingerprint density at radius 3 is 2.62 bits per heavy atom. The van der Waals surface area contributed by atoms with Crippen LogP contribution in [-0.4, -0.2) is 15.1 Å². The monoisotopic (exact) mass is 222 g/mol. The van der Waals surface area contributed by atoms with Gasteiger partial charge in [-0.1, -0.05) is 27.2 Å². The van der Waals surface area contributed by atoms with Gasteiger partial charge in [-0.25, -0.2) is 0 Å². The summed E-state index contributed by atoms with van der Waals surface area (Å²) in [4.78, 5) is 18.6. The Morgan fingerprint density at radius 2 is 2.19 bits per heavy atom. The summed E-state index contributed by atoms with van der Waals surface area (Å²) < 4.78 is 0. The van der Waals surface area contributed by atoms with Gasteiger partial charge in [0.1, 0.15) is 5.82 Å². The van der Waals surface area contributed by atoms with E-state index in [4.69, 9.17) is 0 Å². The van der Waals surface area contributed by atoms with Crippen LogP contribution in [0.3, 0.4) is 0 Å². The Labute approximate surface area is 94.7 Å². The molecule has 2 N–H and O–H groups in total. The van der Waals surface area contributed by atoms with Crippen LogP contribution in [-0.2, 0) is 6.42 Å². The van der Waals surface area contributed by atoms with Crippen LogP contribution in [0.5, 0.6) is 5.88 Å². The average Bonchev–Trinajstić information content (AvgIpc) is 2.81. The van der Waals surface area contributed by atoms with Crippen molar-refractivity contribution in [3.05, 3.63) is 21.7 Å². The summed E-state index contributed by atoms with van der Waals surface area (Å²) >= 11 is 0. The summed E-state index contributed by atoms with van der Waals surface area (Å²) in [6.07, 6.45) is 2.41. The quantitative estimate of drug-likeness (QED) is 0.821. The molecule has 1 aliphatic carbocycles. The number of hydrogen-bond acceptors (Lipinski definition) is 3. The summed E-state index contributed by atoms with van der Waals surface area (Å²) in [5.41, 5.74) is 0.422. The Balaban J connectivity index is 2.35. The number of rotatable bonds is 3. The Kier molecular flexibility index (Phi) is 2.52. The van der Waals surface area contributed by atoms with E-state index in [2.05, 4.69) is 23.8 Å². The minimum absolute atomic E-state index is 0.0942. The van der Waals surface area contributed by atoms with Gasteiger partial charge in [0, 0.05) is 5.92 Å². The van der Waals surface area contributed by atoms with Crippen molar-refractivity contribution in [2.75, 3.05) is 0 Å². The molecular formula is C12H18N2O2. The van der Waals surface area contributed by atoms with Gasteiger partial charge in [-0.2, -0.15) is 4.98 Å². The van der Waals surface area contributed by atoms with Crippen LogP contribution in [0, 0.1) is 5.41 Å². The molecule has 0 aliphatic heterocycles. The number of aromatic hydroxyl groups is 1. The zero-order valence-electron chi connectivity index (χ0n) is 10.0. The lowest BCUT2D eigenvalue weighted by atomic mass is 10.1. The molecule has 1 aromatic rings. The van der Waals surface area contributed by atoms with Gasteiger partial charge in [-0.15, -0.1) is 0 Å². The molecule has 1 aromatic heterocycles. The highest BCUT2D eigenvalue weighted by atomic mass is 16.3. The zero-order valence-corrected chi connectivity index (χ0v) is 10.0. The molecule has 4 nitrogen and oxygen atoms in total. The van der Waals surface area contributed by atoms with Crippen LogP contribution in [0.1, 0.15) is 50.9 Å². The first-order valence-electron chi connectivity index (χ1n) is 5.77. The molecule has 1 atom stereocenters. The smallest absolute Gasteiger partial charge is 0.257 e. The molecule has 4 heteroatoms. The van der Waals surface area contributed by atoms with Gasteiger partial charge in [0.2, 0.25) is 5.88 Å². The zero-order chi connectivity index (χ0) is 11.9. The summed E-state index contributed by atoms with van der Waals surface area (Å²) in [5.74, 6) is 0.817. The third kappa shape index (κ3) is 1.84. The third-order valence-electron chi connectivity index (χ3n) is 3.36. The van der Waals surface area contributed by atoms with Crippen molar-refractivity contribution >= 4 is 0 Å². The van der Waals surface area contributed by atoms with Gasteiger partial charge in [0.15, 0.2) is 0 Å².